The van der Waals surface area contributed by atoms with Crippen LogP contribution in [0, 0.1) is 0 Å². The molecule has 1 aromatic carbocycles. The topological polar surface area (TPSA) is 3.88 Å². The fourth-order valence-electron chi connectivity index (χ4n) is 1.32. The number of aromatic nitrogens is 1. The second-order valence-corrected chi connectivity index (χ2v) is 3.12. The molecule has 14 heavy (non-hydrogen) atoms. The highest BCUT2D eigenvalue weighted by Gasteiger charge is 1.97. The van der Waals surface area contributed by atoms with E-state index in [9.17, 15) is 0 Å². The molecule has 0 fully saturated rings. The van der Waals surface area contributed by atoms with E-state index in [2.05, 4.69) is 48.8 Å². The highest BCUT2D eigenvalue weighted by atomic mass is 35.5. The number of halogens is 1. The summed E-state index contributed by atoms with van der Waals surface area (Å²) in [5.41, 5.74) is 2.53. The van der Waals surface area contributed by atoms with Gasteiger partial charge in [-0.2, -0.15) is 0 Å². The van der Waals surface area contributed by atoms with Crippen LogP contribution in [0.15, 0.2) is 54.9 Å². The molecule has 2 rings (SSSR count). The van der Waals surface area contributed by atoms with Gasteiger partial charge in [0, 0.05) is 12.1 Å². The fourth-order valence-corrected chi connectivity index (χ4v) is 1.32. The zero-order chi connectivity index (χ0) is 9.10. The number of hydrogen-bond donors (Lipinski definition) is 0. The first-order valence-electron chi connectivity index (χ1n) is 4.37. The van der Waals surface area contributed by atoms with Gasteiger partial charge in [0.1, 0.15) is 7.05 Å². The van der Waals surface area contributed by atoms with Crippen molar-refractivity contribution in [3.63, 3.8) is 0 Å². The van der Waals surface area contributed by atoms with Crippen molar-refractivity contribution < 1.29 is 17.0 Å². The van der Waals surface area contributed by atoms with E-state index in [0.29, 0.717) is 0 Å². The van der Waals surface area contributed by atoms with Crippen LogP contribution in [0.2, 0.25) is 0 Å². The van der Waals surface area contributed by atoms with Crippen molar-refractivity contribution in [3.05, 3.63) is 54.9 Å². The van der Waals surface area contributed by atoms with Crippen LogP contribution < -0.4 is 17.0 Å². The van der Waals surface area contributed by atoms with E-state index in [4.69, 9.17) is 0 Å². The summed E-state index contributed by atoms with van der Waals surface area (Å²) in [7, 11) is 2.02. The summed E-state index contributed by atoms with van der Waals surface area (Å²) in [5.74, 6) is 0. The van der Waals surface area contributed by atoms with Gasteiger partial charge in [-0.05, 0) is 11.1 Å². The molecule has 0 saturated heterocycles. The van der Waals surface area contributed by atoms with Crippen LogP contribution in [0.4, 0.5) is 0 Å². The summed E-state index contributed by atoms with van der Waals surface area (Å²) in [6.07, 6.45) is 4.12. The molecular formula is C12H12ClN. The van der Waals surface area contributed by atoms with Crippen LogP contribution in [0.5, 0.6) is 0 Å². The Labute approximate surface area is 90.4 Å². The average molecular weight is 206 g/mol. The lowest BCUT2D eigenvalue weighted by Crippen LogP contribution is -3.00. The zero-order valence-electron chi connectivity index (χ0n) is 8.02. The lowest BCUT2D eigenvalue weighted by atomic mass is 10.1. The Morgan fingerprint density at radius 1 is 0.786 bits per heavy atom. The maximum Gasteiger partial charge on any atom is 0.169 e. The number of benzene rings is 1. The Bertz CT molecular complexity index is 381. The van der Waals surface area contributed by atoms with E-state index in [1.54, 1.807) is 0 Å². The van der Waals surface area contributed by atoms with E-state index in [-0.39, 0.29) is 12.4 Å². The Hall–Kier alpha value is -1.34. The number of rotatable bonds is 1. The summed E-state index contributed by atoms with van der Waals surface area (Å²) in [6, 6.07) is 14.6. The van der Waals surface area contributed by atoms with Crippen molar-refractivity contribution in [2.45, 2.75) is 0 Å². The molecule has 0 atom stereocenters. The summed E-state index contributed by atoms with van der Waals surface area (Å²) >= 11 is 0. The lowest BCUT2D eigenvalue weighted by Gasteiger charge is -1.98. The quantitative estimate of drug-likeness (QED) is 0.536. The van der Waals surface area contributed by atoms with Gasteiger partial charge in [0.25, 0.3) is 0 Å². The van der Waals surface area contributed by atoms with Gasteiger partial charge < -0.3 is 12.4 Å². The van der Waals surface area contributed by atoms with Gasteiger partial charge in [-0.3, -0.25) is 0 Å². The normalized spacial score (nSPS) is 9.21. The van der Waals surface area contributed by atoms with Crippen LogP contribution in [0.25, 0.3) is 11.1 Å². The molecule has 0 aliphatic carbocycles. The van der Waals surface area contributed by atoms with E-state index in [1.165, 1.54) is 11.1 Å². The largest absolute Gasteiger partial charge is 1.00 e. The van der Waals surface area contributed by atoms with Crippen molar-refractivity contribution >= 4 is 0 Å². The molecule has 2 aromatic rings. The second kappa shape index (κ2) is 4.77. The Morgan fingerprint density at radius 3 is 1.86 bits per heavy atom. The van der Waals surface area contributed by atoms with Crippen molar-refractivity contribution in [3.8, 4) is 11.1 Å². The third kappa shape index (κ3) is 2.33. The predicted octanol–water partition coefficient (Wildman–Crippen LogP) is -0.818. The molecule has 0 aliphatic heterocycles. The van der Waals surface area contributed by atoms with Crippen LogP contribution >= 0.6 is 0 Å². The zero-order valence-corrected chi connectivity index (χ0v) is 8.78. The molecule has 72 valence electrons. The molecule has 1 aromatic heterocycles. The molecule has 0 radical (unpaired) electrons. The highest BCUT2D eigenvalue weighted by molar-refractivity contribution is 5.61. The molecule has 0 amide bonds. The second-order valence-electron chi connectivity index (χ2n) is 3.12. The van der Waals surface area contributed by atoms with Crippen molar-refractivity contribution in [1.82, 2.24) is 0 Å². The molecule has 0 spiro atoms. The Balaban J connectivity index is 0.000000980. The minimum Gasteiger partial charge on any atom is -1.00 e. The van der Waals surface area contributed by atoms with Gasteiger partial charge in [-0.25, -0.2) is 4.57 Å². The Morgan fingerprint density at radius 2 is 1.29 bits per heavy atom. The van der Waals surface area contributed by atoms with Crippen molar-refractivity contribution in [1.29, 1.82) is 0 Å². The molecule has 1 nitrogen and oxygen atoms in total. The summed E-state index contributed by atoms with van der Waals surface area (Å²) in [4.78, 5) is 0. The summed E-state index contributed by atoms with van der Waals surface area (Å²) < 4.78 is 2.03. The van der Waals surface area contributed by atoms with Gasteiger partial charge in [0.2, 0.25) is 0 Å². The molecule has 2 heteroatoms. The Kier molecular flexibility index (Phi) is 3.66. The van der Waals surface area contributed by atoms with Gasteiger partial charge in [-0.1, -0.05) is 30.3 Å². The molecule has 1 heterocycles. The first kappa shape index (κ1) is 10.7. The lowest BCUT2D eigenvalue weighted by molar-refractivity contribution is -0.671. The van der Waals surface area contributed by atoms with Crippen molar-refractivity contribution in [2.24, 2.45) is 7.05 Å². The molecular weight excluding hydrogens is 194 g/mol. The molecule has 0 unspecified atom stereocenters. The predicted molar refractivity (Wildman–Crippen MR) is 53.1 cm³/mol. The van der Waals surface area contributed by atoms with Gasteiger partial charge in [0.15, 0.2) is 12.4 Å². The van der Waals surface area contributed by atoms with Crippen LogP contribution in [-0.2, 0) is 7.05 Å². The number of hydrogen-bond acceptors (Lipinski definition) is 0. The number of nitrogens with zero attached hydrogens (tertiary/aromatic N) is 1. The number of pyridine rings is 1. The fraction of sp³-hybridized carbons (Fsp3) is 0.0833. The third-order valence-corrected chi connectivity index (χ3v) is 2.09. The summed E-state index contributed by atoms with van der Waals surface area (Å²) in [6.45, 7) is 0. The third-order valence-electron chi connectivity index (χ3n) is 2.09. The van der Waals surface area contributed by atoms with Gasteiger partial charge in [-0.15, -0.1) is 0 Å². The average Bonchev–Trinajstić information content (AvgIpc) is 2.20. The van der Waals surface area contributed by atoms with Crippen LogP contribution in [-0.4, -0.2) is 0 Å². The first-order valence-corrected chi connectivity index (χ1v) is 4.37. The highest BCUT2D eigenvalue weighted by Crippen LogP contribution is 2.16. The standard InChI is InChI=1S/C12H12N.ClH/c1-13-9-7-12(8-10-13)11-5-3-2-4-6-11;/h2-10H,1H3;1H/q+1;/p-1. The van der Waals surface area contributed by atoms with Gasteiger partial charge in [0.05, 0.1) is 0 Å². The van der Waals surface area contributed by atoms with E-state index < -0.39 is 0 Å². The molecule has 0 aliphatic rings. The smallest absolute Gasteiger partial charge is 0.169 e. The molecule has 0 bridgehead atoms. The minimum atomic E-state index is 0. The minimum absolute atomic E-state index is 0. The molecule has 0 saturated carbocycles. The van der Waals surface area contributed by atoms with E-state index in [0.717, 1.165) is 0 Å². The maximum atomic E-state index is 2.12. The maximum absolute atomic E-state index is 2.12. The van der Waals surface area contributed by atoms with Crippen molar-refractivity contribution in [2.75, 3.05) is 0 Å². The monoisotopic (exact) mass is 205 g/mol. The van der Waals surface area contributed by atoms with Gasteiger partial charge >= 0.3 is 0 Å². The van der Waals surface area contributed by atoms with E-state index >= 15 is 0 Å². The molecule has 0 N–H and O–H groups in total. The number of aryl methyl sites for hydroxylation is 1. The van der Waals surface area contributed by atoms with E-state index in [1.807, 2.05) is 17.7 Å². The SMILES string of the molecule is C[n+]1ccc(-c2ccccc2)cc1.[Cl-]. The van der Waals surface area contributed by atoms with Crippen LogP contribution in [0.1, 0.15) is 0 Å². The van der Waals surface area contributed by atoms with Crippen LogP contribution in [0.3, 0.4) is 0 Å². The summed E-state index contributed by atoms with van der Waals surface area (Å²) in [5, 5.41) is 0. The first-order chi connectivity index (χ1) is 6.36.